The van der Waals surface area contributed by atoms with Crippen molar-refractivity contribution in [2.24, 2.45) is 0 Å². The number of hydrogen-bond acceptors (Lipinski definition) is 4. The minimum Gasteiger partial charge on any atom is -0.314 e. The van der Waals surface area contributed by atoms with Crippen LogP contribution in [0.15, 0.2) is 18.2 Å². The van der Waals surface area contributed by atoms with Gasteiger partial charge >= 0.3 is 0 Å². The van der Waals surface area contributed by atoms with Gasteiger partial charge in [0, 0.05) is 48.1 Å². The van der Waals surface area contributed by atoms with E-state index in [0.717, 1.165) is 37.6 Å². The van der Waals surface area contributed by atoms with Crippen LogP contribution in [0.25, 0.3) is 11.3 Å². The van der Waals surface area contributed by atoms with Crippen LogP contribution >= 0.6 is 22.9 Å². The number of thiazole rings is 1. The average molecular weight is 320 g/mol. The lowest BCUT2D eigenvalue weighted by atomic mass is 10.1. The molecule has 1 aromatic heterocycles. The summed E-state index contributed by atoms with van der Waals surface area (Å²) in [5.41, 5.74) is 3.77. The maximum absolute atomic E-state index is 6.09. The normalized spacial score (nSPS) is 19.3. The molecule has 5 heteroatoms. The van der Waals surface area contributed by atoms with Gasteiger partial charge in [0.25, 0.3) is 0 Å². The summed E-state index contributed by atoms with van der Waals surface area (Å²) in [6.07, 6.45) is 0.983. The zero-order valence-corrected chi connectivity index (χ0v) is 13.6. The molecule has 1 N–H and O–H groups in total. The van der Waals surface area contributed by atoms with E-state index < -0.39 is 0 Å². The van der Waals surface area contributed by atoms with Crippen molar-refractivity contribution in [2.75, 3.05) is 26.2 Å². The van der Waals surface area contributed by atoms with E-state index >= 15 is 0 Å². The summed E-state index contributed by atoms with van der Waals surface area (Å²) in [6.45, 7) is 6.66. The first kappa shape index (κ1) is 13.7. The first-order valence-corrected chi connectivity index (χ1v) is 8.65. The van der Waals surface area contributed by atoms with Crippen LogP contribution in [-0.2, 0) is 6.42 Å². The summed E-state index contributed by atoms with van der Waals surface area (Å²) in [5, 5.41) is 5.48. The Bertz CT molecular complexity index is 676. The van der Waals surface area contributed by atoms with Crippen LogP contribution in [0.1, 0.15) is 28.4 Å². The van der Waals surface area contributed by atoms with Crippen LogP contribution < -0.4 is 5.32 Å². The van der Waals surface area contributed by atoms with E-state index in [9.17, 15) is 0 Å². The molecule has 1 aliphatic heterocycles. The third-order valence-electron chi connectivity index (χ3n) is 4.44. The zero-order chi connectivity index (χ0) is 14.4. The molecular formula is C16H18ClN3S. The van der Waals surface area contributed by atoms with Crippen LogP contribution in [0.2, 0.25) is 5.02 Å². The number of benzene rings is 1. The monoisotopic (exact) mass is 319 g/mol. The molecule has 0 spiro atoms. The molecular weight excluding hydrogens is 302 g/mol. The number of nitrogens with zero attached hydrogens (tertiary/aromatic N) is 2. The standard InChI is InChI=1S/C16H18ClN3S/c1-10(20-6-4-18-5-7-20)16-19-15-13-3-2-12(17)8-11(13)9-14(15)21-16/h2-3,8,10,18H,4-7,9H2,1H3. The predicted octanol–water partition coefficient (Wildman–Crippen LogP) is 3.33. The second-order valence-electron chi connectivity index (χ2n) is 5.76. The Morgan fingerprint density at radius 3 is 2.95 bits per heavy atom. The molecule has 4 rings (SSSR count). The summed E-state index contributed by atoms with van der Waals surface area (Å²) >= 11 is 7.96. The number of aromatic nitrogens is 1. The quantitative estimate of drug-likeness (QED) is 0.785. The second kappa shape index (κ2) is 5.36. The molecule has 110 valence electrons. The van der Waals surface area contributed by atoms with Gasteiger partial charge in [-0.05, 0) is 24.6 Å². The van der Waals surface area contributed by atoms with E-state index in [2.05, 4.69) is 29.3 Å². The topological polar surface area (TPSA) is 28.2 Å². The molecule has 2 aliphatic rings. The lowest BCUT2D eigenvalue weighted by Gasteiger charge is -2.31. The van der Waals surface area contributed by atoms with Gasteiger partial charge in [0.05, 0.1) is 11.7 Å². The van der Waals surface area contributed by atoms with Gasteiger partial charge in [-0.25, -0.2) is 4.98 Å². The molecule has 2 aromatic rings. The predicted molar refractivity (Wildman–Crippen MR) is 88.2 cm³/mol. The molecule has 0 amide bonds. The van der Waals surface area contributed by atoms with Crippen LogP contribution in [-0.4, -0.2) is 36.1 Å². The Hall–Kier alpha value is -0.940. The summed E-state index contributed by atoms with van der Waals surface area (Å²) in [6, 6.07) is 6.57. The summed E-state index contributed by atoms with van der Waals surface area (Å²) in [5.74, 6) is 0. The van der Waals surface area contributed by atoms with Gasteiger partial charge in [-0.1, -0.05) is 17.7 Å². The number of piperazine rings is 1. The molecule has 1 atom stereocenters. The third kappa shape index (κ3) is 2.40. The van der Waals surface area contributed by atoms with Crippen molar-refractivity contribution in [3.63, 3.8) is 0 Å². The summed E-state index contributed by atoms with van der Waals surface area (Å²) in [4.78, 5) is 8.86. The number of fused-ring (bicyclic) bond motifs is 3. The van der Waals surface area contributed by atoms with E-state index in [1.165, 1.54) is 26.7 Å². The van der Waals surface area contributed by atoms with Crippen molar-refractivity contribution < 1.29 is 0 Å². The van der Waals surface area contributed by atoms with Gasteiger partial charge in [0.1, 0.15) is 5.01 Å². The molecule has 1 saturated heterocycles. The SMILES string of the molecule is CC(c1nc2c(s1)Cc1cc(Cl)ccc1-2)N1CCNCC1. The van der Waals surface area contributed by atoms with Gasteiger partial charge in [0.2, 0.25) is 0 Å². The van der Waals surface area contributed by atoms with E-state index in [1.807, 2.05) is 17.4 Å². The van der Waals surface area contributed by atoms with Crippen molar-refractivity contribution in [3.05, 3.63) is 38.7 Å². The fourth-order valence-electron chi connectivity index (χ4n) is 3.22. The molecule has 0 bridgehead atoms. The lowest BCUT2D eigenvalue weighted by Crippen LogP contribution is -2.44. The second-order valence-corrected chi connectivity index (χ2v) is 7.32. The Labute approximate surface area is 134 Å². The van der Waals surface area contributed by atoms with Crippen LogP contribution in [0.5, 0.6) is 0 Å². The number of halogens is 1. The lowest BCUT2D eigenvalue weighted by molar-refractivity contribution is 0.185. The number of nitrogens with one attached hydrogen (secondary N) is 1. The number of rotatable bonds is 2. The van der Waals surface area contributed by atoms with Crippen molar-refractivity contribution in [1.29, 1.82) is 0 Å². The van der Waals surface area contributed by atoms with Crippen LogP contribution in [0.4, 0.5) is 0 Å². The Morgan fingerprint density at radius 1 is 1.33 bits per heavy atom. The van der Waals surface area contributed by atoms with Gasteiger partial charge in [-0.2, -0.15) is 0 Å². The molecule has 0 radical (unpaired) electrons. The number of hydrogen-bond donors (Lipinski definition) is 1. The molecule has 1 unspecified atom stereocenters. The van der Waals surface area contributed by atoms with E-state index in [0.29, 0.717) is 6.04 Å². The minimum absolute atomic E-state index is 0.415. The molecule has 1 aromatic carbocycles. The fourth-order valence-corrected chi connectivity index (χ4v) is 4.60. The maximum atomic E-state index is 6.09. The van der Waals surface area contributed by atoms with Crippen molar-refractivity contribution >= 4 is 22.9 Å². The highest BCUT2D eigenvalue weighted by Crippen LogP contribution is 2.42. The van der Waals surface area contributed by atoms with E-state index in [1.54, 1.807) is 0 Å². The third-order valence-corrected chi connectivity index (χ3v) is 5.90. The van der Waals surface area contributed by atoms with Crippen LogP contribution in [0, 0.1) is 0 Å². The van der Waals surface area contributed by atoms with Gasteiger partial charge in [-0.3, -0.25) is 4.90 Å². The molecule has 21 heavy (non-hydrogen) atoms. The van der Waals surface area contributed by atoms with Crippen molar-refractivity contribution in [3.8, 4) is 11.3 Å². The Balaban J connectivity index is 1.63. The Kier molecular flexibility index (Phi) is 3.50. The molecule has 0 saturated carbocycles. The first-order valence-electron chi connectivity index (χ1n) is 7.45. The minimum atomic E-state index is 0.415. The van der Waals surface area contributed by atoms with Gasteiger partial charge in [-0.15, -0.1) is 11.3 Å². The van der Waals surface area contributed by atoms with Crippen molar-refractivity contribution in [2.45, 2.75) is 19.4 Å². The van der Waals surface area contributed by atoms with E-state index in [4.69, 9.17) is 16.6 Å². The van der Waals surface area contributed by atoms with Gasteiger partial charge in [0.15, 0.2) is 0 Å². The average Bonchev–Trinajstić information content (AvgIpc) is 3.04. The zero-order valence-electron chi connectivity index (χ0n) is 12.0. The summed E-state index contributed by atoms with van der Waals surface area (Å²) < 4.78 is 0. The first-order chi connectivity index (χ1) is 10.2. The van der Waals surface area contributed by atoms with E-state index in [-0.39, 0.29) is 0 Å². The molecule has 1 fully saturated rings. The summed E-state index contributed by atoms with van der Waals surface area (Å²) in [7, 11) is 0. The maximum Gasteiger partial charge on any atom is 0.110 e. The molecule has 2 heterocycles. The Morgan fingerprint density at radius 2 is 2.14 bits per heavy atom. The smallest absolute Gasteiger partial charge is 0.110 e. The highest BCUT2D eigenvalue weighted by atomic mass is 35.5. The van der Waals surface area contributed by atoms with Gasteiger partial charge < -0.3 is 5.32 Å². The molecule has 3 nitrogen and oxygen atoms in total. The molecule has 1 aliphatic carbocycles. The largest absolute Gasteiger partial charge is 0.314 e. The highest BCUT2D eigenvalue weighted by Gasteiger charge is 2.27. The fraction of sp³-hybridized carbons (Fsp3) is 0.438. The van der Waals surface area contributed by atoms with Crippen LogP contribution in [0.3, 0.4) is 0 Å². The van der Waals surface area contributed by atoms with Crippen molar-refractivity contribution in [1.82, 2.24) is 15.2 Å². The highest BCUT2D eigenvalue weighted by molar-refractivity contribution is 7.12.